The van der Waals surface area contributed by atoms with Crippen LogP contribution < -0.4 is 10.5 Å². The summed E-state index contributed by atoms with van der Waals surface area (Å²) >= 11 is 0. The standard InChI is InChI=1S/C14H18N2O/c1-10(8-15)7-13-12-5-6-16-9-11(12)3-4-14(13)17-2/h3-6,9-10H,7-8,15H2,1-2H3. The Kier molecular flexibility index (Phi) is 3.59. The number of methoxy groups -OCH3 is 1. The Balaban J connectivity index is 2.54. The van der Waals surface area contributed by atoms with E-state index in [1.165, 1.54) is 10.9 Å². The molecule has 1 aromatic carbocycles. The molecule has 1 aromatic heterocycles. The number of fused-ring (bicyclic) bond motifs is 1. The Morgan fingerprint density at radius 2 is 2.18 bits per heavy atom. The van der Waals surface area contributed by atoms with Crippen LogP contribution in [0.2, 0.25) is 0 Å². The number of nitrogens with two attached hydrogens (primary N) is 1. The third kappa shape index (κ3) is 2.39. The second-order valence-electron chi connectivity index (χ2n) is 4.39. The van der Waals surface area contributed by atoms with Gasteiger partial charge >= 0.3 is 0 Å². The van der Waals surface area contributed by atoms with E-state index >= 15 is 0 Å². The molecule has 2 rings (SSSR count). The SMILES string of the molecule is COc1ccc2cnccc2c1CC(C)CN. The summed E-state index contributed by atoms with van der Waals surface area (Å²) in [5.41, 5.74) is 6.93. The van der Waals surface area contributed by atoms with E-state index in [-0.39, 0.29) is 0 Å². The molecule has 2 N–H and O–H groups in total. The summed E-state index contributed by atoms with van der Waals surface area (Å²) in [4.78, 5) is 4.14. The van der Waals surface area contributed by atoms with Crippen LogP contribution in [-0.4, -0.2) is 18.6 Å². The van der Waals surface area contributed by atoms with Crippen molar-refractivity contribution in [2.75, 3.05) is 13.7 Å². The van der Waals surface area contributed by atoms with E-state index < -0.39 is 0 Å². The first-order valence-corrected chi connectivity index (χ1v) is 5.86. The minimum Gasteiger partial charge on any atom is -0.496 e. The van der Waals surface area contributed by atoms with Crippen LogP contribution in [0, 0.1) is 5.92 Å². The molecule has 2 aromatic rings. The molecule has 3 nitrogen and oxygen atoms in total. The van der Waals surface area contributed by atoms with Crippen LogP contribution in [-0.2, 0) is 6.42 Å². The van der Waals surface area contributed by atoms with Crippen LogP contribution in [0.15, 0.2) is 30.6 Å². The van der Waals surface area contributed by atoms with Crippen molar-refractivity contribution in [3.63, 3.8) is 0 Å². The molecule has 0 aliphatic carbocycles. The molecule has 0 aliphatic rings. The van der Waals surface area contributed by atoms with Gasteiger partial charge in [-0.2, -0.15) is 0 Å². The summed E-state index contributed by atoms with van der Waals surface area (Å²) in [6, 6.07) is 6.08. The lowest BCUT2D eigenvalue weighted by molar-refractivity contribution is 0.407. The first-order valence-electron chi connectivity index (χ1n) is 5.86. The van der Waals surface area contributed by atoms with Crippen molar-refractivity contribution in [1.29, 1.82) is 0 Å². The summed E-state index contributed by atoms with van der Waals surface area (Å²) < 4.78 is 5.44. The van der Waals surface area contributed by atoms with E-state index in [4.69, 9.17) is 10.5 Å². The fraction of sp³-hybridized carbons (Fsp3) is 0.357. The first kappa shape index (κ1) is 11.9. The molecule has 0 aliphatic heterocycles. The van der Waals surface area contributed by atoms with Gasteiger partial charge in [-0.15, -0.1) is 0 Å². The predicted octanol–water partition coefficient (Wildman–Crippen LogP) is 2.38. The molecule has 17 heavy (non-hydrogen) atoms. The zero-order chi connectivity index (χ0) is 12.3. The lowest BCUT2D eigenvalue weighted by Crippen LogP contribution is -2.13. The third-order valence-electron chi connectivity index (χ3n) is 3.06. The highest BCUT2D eigenvalue weighted by molar-refractivity contribution is 5.87. The maximum Gasteiger partial charge on any atom is 0.122 e. The number of nitrogens with zero attached hydrogens (tertiary/aromatic N) is 1. The van der Waals surface area contributed by atoms with Gasteiger partial charge in [-0.25, -0.2) is 0 Å². The van der Waals surface area contributed by atoms with Gasteiger partial charge in [0.1, 0.15) is 5.75 Å². The Morgan fingerprint density at radius 1 is 1.35 bits per heavy atom. The zero-order valence-corrected chi connectivity index (χ0v) is 10.3. The Bertz CT molecular complexity index is 511. The number of benzene rings is 1. The molecule has 0 fully saturated rings. The Morgan fingerprint density at radius 3 is 2.88 bits per heavy atom. The Labute approximate surface area is 102 Å². The average Bonchev–Trinajstić information content (AvgIpc) is 2.39. The second kappa shape index (κ2) is 5.15. The van der Waals surface area contributed by atoms with Crippen LogP contribution in [0.4, 0.5) is 0 Å². The van der Waals surface area contributed by atoms with Gasteiger partial charge in [-0.1, -0.05) is 6.92 Å². The molecule has 1 unspecified atom stereocenters. The lowest BCUT2D eigenvalue weighted by atomic mass is 9.96. The van der Waals surface area contributed by atoms with Crippen molar-refractivity contribution < 1.29 is 4.74 Å². The lowest BCUT2D eigenvalue weighted by Gasteiger charge is -2.15. The normalized spacial score (nSPS) is 12.6. The molecule has 0 spiro atoms. The molecule has 90 valence electrons. The van der Waals surface area contributed by atoms with E-state index in [0.717, 1.165) is 17.6 Å². The molecule has 0 saturated carbocycles. The highest BCUT2D eigenvalue weighted by atomic mass is 16.5. The minimum atomic E-state index is 0.447. The van der Waals surface area contributed by atoms with Crippen LogP contribution >= 0.6 is 0 Å². The van der Waals surface area contributed by atoms with E-state index in [0.29, 0.717) is 12.5 Å². The highest BCUT2D eigenvalue weighted by Crippen LogP contribution is 2.29. The minimum absolute atomic E-state index is 0.447. The van der Waals surface area contributed by atoms with Crippen LogP contribution in [0.5, 0.6) is 5.75 Å². The topological polar surface area (TPSA) is 48.1 Å². The smallest absolute Gasteiger partial charge is 0.122 e. The fourth-order valence-corrected chi connectivity index (χ4v) is 2.05. The number of rotatable bonds is 4. The molecular weight excluding hydrogens is 212 g/mol. The van der Waals surface area contributed by atoms with Crippen molar-refractivity contribution in [2.24, 2.45) is 11.7 Å². The number of hydrogen-bond acceptors (Lipinski definition) is 3. The second-order valence-corrected chi connectivity index (χ2v) is 4.39. The molecule has 3 heteroatoms. The maximum atomic E-state index is 5.70. The van der Waals surface area contributed by atoms with E-state index in [1.807, 2.05) is 30.6 Å². The zero-order valence-electron chi connectivity index (χ0n) is 10.3. The van der Waals surface area contributed by atoms with Gasteiger partial charge in [0, 0.05) is 23.3 Å². The quantitative estimate of drug-likeness (QED) is 0.877. The Hall–Kier alpha value is -1.61. The maximum absolute atomic E-state index is 5.70. The average molecular weight is 230 g/mol. The van der Waals surface area contributed by atoms with Crippen molar-refractivity contribution in [2.45, 2.75) is 13.3 Å². The van der Waals surface area contributed by atoms with Gasteiger partial charge in [0.15, 0.2) is 0 Å². The van der Waals surface area contributed by atoms with Crippen molar-refractivity contribution >= 4 is 10.8 Å². The van der Waals surface area contributed by atoms with E-state index in [1.54, 1.807) is 7.11 Å². The fourth-order valence-electron chi connectivity index (χ4n) is 2.05. The molecule has 0 radical (unpaired) electrons. The molecule has 1 heterocycles. The number of aromatic nitrogens is 1. The van der Waals surface area contributed by atoms with Gasteiger partial charge in [-0.3, -0.25) is 4.98 Å². The summed E-state index contributed by atoms with van der Waals surface area (Å²) in [5.74, 6) is 1.38. The molecular formula is C14H18N2O. The summed E-state index contributed by atoms with van der Waals surface area (Å²) in [6.07, 6.45) is 4.63. The van der Waals surface area contributed by atoms with Crippen molar-refractivity contribution in [3.8, 4) is 5.75 Å². The largest absolute Gasteiger partial charge is 0.496 e. The molecule has 0 saturated heterocycles. The number of hydrogen-bond donors (Lipinski definition) is 1. The van der Waals surface area contributed by atoms with Crippen molar-refractivity contribution in [3.05, 3.63) is 36.2 Å². The summed E-state index contributed by atoms with van der Waals surface area (Å²) in [5, 5.41) is 2.35. The summed E-state index contributed by atoms with van der Waals surface area (Å²) in [7, 11) is 1.71. The van der Waals surface area contributed by atoms with Gasteiger partial charge in [0.05, 0.1) is 7.11 Å². The first-order chi connectivity index (χ1) is 8.26. The van der Waals surface area contributed by atoms with Gasteiger partial charge in [0.25, 0.3) is 0 Å². The van der Waals surface area contributed by atoms with Gasteiger partial charge in [0.2, 0.25) is 0 Å². The summed E-state index contributed by atoms with van der Waals surface area (Å²) in [6.45, 7) is 2.84. The molecule has 0 bridgehead atoms. The van der Waals surface area contributed by atoms with Crippen LogP contribution in [0.1, 0.15) is 12.5 Å². The molecule has 0 amide bonds. The van der Waals surface area contributed by atoms with Gasteiger partial charge in [-0.05, 0) is 42.5 Å². The van der Waals surface area contributed by atoms with Crippen LogP contribution in [0.25, 0.3) is 10.8 Å². The van der Waals surface area contributed by atoms with E-state index in [9.17, 15) is 0 Å². The molecule has 1 atom stereocenters. The number of ether oxygens (including phenoxy) is 1. The predicted molar refractivity (Wildman–Crippen MR) is 70.2 cm³/mol. The highest BCUT2D eigenvalue weighted by Gasteiger charge is 2.11. The van der Waals surface area contributed by atoms with Crippen molar-refractivity contribution in [1.82, 2.24) is 4.98 Å². The third-order valence-corrected chi connectivity index (χ3v) is 3.06. The van der Waals surface area contributed by atoms with Gasteiger partial charge < -0.3 is 10.5 Å². The number of pyridine rings is 1. The monoisotopic (exact) mass is 230 g/mol. The van der Waals surface area contributed by atoms with Crippen LogP contribution in [0.3, 0.4) is 0 Å². The van der Waals surface area contributed by atoms with E-state index in [2.05, 4.69) is 11.9 Å².